The summed E-state index contributed by atoms with van der Waals surface area (Å²) >= 11 is 5.34. The highest BCUT2D eigenvalue weighted by Crippen LogP contribution is 2.35. The van der Waals surface area contributed by atoms with Crippen LogP contribution in [0.15, 0.2) is 22.7 Å². The molecule has 0 atom stereocenters. The first-order valence-corrected chi connectivity index (χ1v) is 6.76. The number of aromatic amines is 1. The van der Waals surface area contributed by atoms with Gasteiger partial charge in [0, 0.05) is 10.9 Å². The highest BCUT2D eigenvalue weighted by atomic mass is 35.5. The van der Waals surface area contributed by atoms with Gasteiger partial charge in [0.25, 0.3) is 5.24 Å². The third-order valence-electron chi connectivity index (χ3n) is 3.45. The number of nitrogens with one attached hydrogen (secondary N) is 1. The van der Waals surface area contributed by atoms with Crippen molar-refractivity contribution in [3.8, 4) is 11.3 Å². The first-order valence-electron chi connectivity index (χ1n) is 6.38. The predicted molar refractivity (Wildman–Crippen MR) is 78.4 cm³/mol. The molecule has 0 bridgehead atoms. The number of carbonyl (C=O) groups excluding carboxylic acids is 2. The number of hydrogen-bond acceptors (Lipinski definition) is 4. The van der Waals surface area contributed by atoms with Crippen LogP contribution in [0.4, 0.5) is 4.39 Å². The van der Waals surface area contributed by atoms with Gasteiger partial charge in [-0.25, -0.2) is 4.39 Å². The van der Waals surface area contributed by atoms with Gasteiger partial charge in [-0.05, 0) is 43.6 Å². The lowest BCUT2D eigenvalue weighted by Gasteiger charge is -2.01. The third-order valence-corrected chi connectivity index (χ3v) is 3.62. The molecule has 0 unspecified atom stereocenters. The second kappa shape index (κ2) is 5.06. The van der Waals surface area contributed by atoms with E-state index in [0.717, 1.165) is 0 Å². The minimum atomic E-state index is -1.14. The molecule has 1 N–H and O–H groups in total. The largest absolute Gasteiger partial charge is 0.361 e. The summed E-state index contributed by atoms with van der Waals surface area (Å²) in [6.07, 6.45) is 0. The molecular formula is C15H10ClFN2O3. The monoisotopic (exact) mass is 320 g/mol. The van der Waals surface area contributed by atoms with Crippen LogP contribution >= 0.6 is 11.6 Å². The van der Waals surface area contributed by atoms with Crippen molar-refractivity contribution in [3.63, 3.8) is 0 Å². The number of nitrogens with zero attached hydrogens (tertiary/aromatic N) is 1. The van der Waals surface area contributed by atoms with Crippen molar-refractivity contribution in [2.24, 2.45) is 0 Å². The molecule has 3 aromatic rings. The van der Waals surface area contributed by atoms with E-state index in [0.29, 0.717) is 28.2 Å². The zero-order chi connectivity index (χ0) is 16.0. The highest BCUT2D eigenvalue weighted by molar-refractivity contribution is 6.83. The molecule has 0 radical (unpaired) electrons. The fourth-order valence-electron chi connectivity index (χ4n) is 2.53. The van der Waals surface area contributed by atoms with Crippen molar-refractivity contribution in [2.45, 2.75) is 13.8 Å². The number of rotatable bonds is 3. The van der Waals surface area contributed by atoms with Gasteiger partial charge in [0.15, 0.2) is 0 Å². The number of benzene rings is 1. The maximum atomic E-state index is 13.5. The SMILES string of the molecule is Cc1noc(C)c1-c1[nH]c2ccc(F)cc2c1C(=O)C(=O)Cl. The number of H-pyrrole nitrogens is 1. The topological polar surface area (TPSA) is 76.0 Å². The van der Waals surface area contributed by atoms with Crippen molar-refractivity contribution in [3.05, 3.63) is 41.0 Å². The molecule has 0 aliphatic rings. The average molecular weight is 321 g/mol. The predicted octanol–water partition coefficient (Wildman–Crippen LogP) is 3.53. The van der Waals surface area contributed by atoms with Crippen LogP contribution in [0.1, 0.15) is 21.8 Å². The van der Waals surface area contributed by atoms with Crippen LogP contribution in [-0.4, -0.2) is 21.2 Å². The Bertz CT molecular complexity index is 907. The Hall–Kier alpha value is -2.47. The van der Waals surface area contributed by atoms with E-state index in [1.807, 2.05) is 0 Å². The summed E-state index contributed by atoms with van der Waals surface area (Å²) in [5.74, 6) is -0.956. The Morgan fingerprint density at radius 3 is 2.64 bits per heavy atom. The number of ketones is 1. The van der Waals surface area contributed by atoms with Crippen LogP contribution in [0.3, 0.4) is 0 Å². The van der Waals surface area contributed by atoms with Crippen LogP contribution < -0.4 is 0 Å². The van der Waals surface area contributed by atoms with Crippen LogP contribution in [0.25, 0.3) is 22.2 Å². The molecule has 0 saturated carbocycles. The van der Waals surface area contributed by atoms with Gasteiger partial charge in [0.1, 0.15) is 11.6 Å². The van der Waals surface area contributed by atoms with E-state index in [9.17, 15) is 14.0 Å². The molecule has 0 aliphatic carbocycles. The van der Waals surface area contributed by atoms with E-state index in [1.165, 1.54) is 18.2 Å². The molecule has 7 heteroatoms. The Balaban J connectivity index is 2.42. The highest BCUT2D eigenvalue weighted by Gasteiger charge is 2.27. The molecule has 3 rings (SSSR count). The summed E-state index contributed by atoms with van der Waals surface area (Å²) in [4.78, 5) is 26.5. The zero-order valence-electron chi connectivity index (χ0n) is 11.7. The number of aromatic nitrogens is 2. The fourth-order valence-corrected chi connectivity index (χ4v) is 2.62. The minimum absolute atomic E-state index is 0.0175. The normalized spacial score (nSPS) is 11.1. The molecule has 22 heavy (non-hydrogen) atoms. The van der Waals surface area contributed by atoms with Crippen molar-refractivity contribution in [2.75, 3.05) is 0 Å². The lowest BCUT2D eigenvalue weighted by atomic mass is 10.0. The fraction of sp³-hybridized carbons (Fsp3) is 0.133. The van der Waals surface area contributed by atoms with Crippen LogP contribution in [0.5, 0.6) is 0 Å². The lowest BCUT2D eigenvalue weighted by Crippen LogP contribution is -2.08. The molecule has 0 fully saturated rings. The number of carbonyl (C=O) groups is 2. The van der Waals surface area contributed by atoms with Gasteiger partial charge >= 0.3 is 0 Å². The first kappa shape index (κ1) is 14.5. The maximum absolute atomic E-state index is 13.5. The van der Waals surface area contributed by atoms with Gasteiger partial charge in [0.05, 0.1) is 22.5 Å². The second-order valence-electron chi connectivity index (χ2n) is 4.87. The smallest absolute Gasteiger partial charge is 0.293 e. The Morgan fingerprint density at radius 2 is 2.05 bits per heavy atom. The van der Waals surface area contributed by atoms with Crippen LogP contribution in [-0.2, 0) is 4.79 Å². The number of hydrogen-bond donors (Lipinski definition) is 1. The van der Waals surface area contributed by atoms with E-state index in [1.54, 1.807) is 13.8 Å². The number of fused-ring (bicyclic) bond motifs is 1. The van der Waals surface area contributed by atoms with Crippen molar-refractivity contribution in [1.82, 2.24) is 10.1 Å². The molecule has 5 nitrogen and oxygen atoms in total. The third kappa shape index (κ3) is 2.12. The molecule has 2 aromatic heterocycles. The molecular weight excluding hydrogens is 311 g/mol. The lowest BCUT2D eigenvalue weighted by molar-refractivity contribution is -0.108. The zero-order valence-corrected chi connectivity index (χ0v) is 12.4. The maximum Gasteiger partial charge on any atom is 0.293 e. The summed E-state index contributed by atoms with van der Waals surface area (Å²) in [6.45, 7) is 3.38. The van der Waals surface area contributed by atoms with Gasteiger partial charge in [-0.3, -0.25) is 9.59 Å². The minimum Gasteiger partial charge on any atom is -0.361 e. The first-order chi connectivity index (χ1) is 10.4. The standard InChI is InChI=1S/C15H10ClFN2O3/c1-6-11(7(2)22-19-6)13-12(14(20)15(16)21)9-5-8(17)3-4-10(9)18-13/h3-5,18H,1-2H3. The van der Waals surface area contributed by atoms with E-state index in [2.05, 4.69) is 10.1 Å². The average Bonchev–Trinajstić information content (AvgIpc) is 2.97. The number of Topliss-reactive ketones (excluding diaryl/α,β-unsaturated/α-hetero) is 1. The quantitative estimate of drug-likeness (QED) is 0.455. The van der Waals surface area contributed by atoms with Crippen molar-refractivity contribution < 1.29 is 18.5 Å². The van der Waals surface area contributed by atoms with Gasteiger partial charge in [-0.15, -0.1) is 0 Å². The van der Waals surface area contributed by atoms with Gasteiger partial charge in [0.2, 0.25) is 5.78 Å². The molecule has 0 saturated heterocycles. The Morgan fingerprint density at radius 1 is 1.32 bits per heavy atom. The second-order valence-corrected chi connectivity index (χ2v) is 5.21. The molecule has 1 aromatic carbocycles. The number of halogens is 2. The van der Waals surface area contributed by atoms with Gasteiger partial charge in [-0.2, -0.15) is 0 Å². The summed E-state index contributed by atoms with van der Waals surface area (Å²) < 4.78 is 18.6. The Kier molecular flexibility index (Phi) is 3.33. The summed E-state index contributed by atoms with van der Waals surface area (Å²) in [5, 5.41) is 2.97. The molecule has 0 aliphatic heterocycles. The summed E-state index contributed by atoms with van der Waals surface area (Å²) in [7, 11) is 0. The molecule has 0 spiro atoms. The molecule has 0 amide bonds. The van der Waals surface area contributed by atoms with Crippen LogP contribution in [0.2, 0.25) is 0 Å². The van der Waals surface area contributed by atoms with Crippen LogP contribution in [0, 0.1) is 19.7 Å². The summed E-state index contributed by atoms with van der Waals surface area (Å²) in [6, 6.07) is 3.93. The van der Waals surface area contributed by atoms with E-state index < -0.39 is 16.8 Å². The van der Waals surface area contributed by atoms with E-state index >= 15 is 0 Å². The molecule has 112 valence electrons. The van der Waals surface area contributed by atoms with E-state index in [-0.39, 0.29) is 10.9 Å². The van der Waals surface area contributed by atoms with Crippen molar-refractivity contribution >= 4 is 33.5 Å². The van der Waals surface area contributed by atoms with Gasteiger partial charge in [-0.1, -0.05) is 5.16 Å². The Labute approximate surface area is 129 Å². The van der Waals surface area contributed by atoms with Gasteiger partial charge < -0.3 is 9.51 Å². The number of aryl methyl sites for hydroxylation is 2. The van der Waals surface area contributed by atoms with E-state index in [4.69, 9.17) is 16.1 Å². The van der Waals surface area contributed by atoms with Crippen molar-refractivity contribution in [1.29, 1.82) is 0 Å². The summed E-state index contributed by atoms with van der Waals surface area (Å²) in [5.41, 5.74) is 1.97. The molecule has 2 heterocycles.